The standard InChI is InChI=1S/C10H15N.C7H9N.C3H6O.ClH/c1-8(2)11-10-6-4-5-9(3)7-10;1-6-3-2-4-7(8)5-6;1-3(2)4;/h4-8,11H,1-3H3;2-5H,8H2,1H3;1-2H3;1H. The predicted molar refractivity (Wildman–Crippen MR) is 109 cm³/mol. The molecule has 0 aliphatic carbocycles. The molecular formula is C20H31ClN2O. The van der Waals surface area contributed by atoms with Crippen LogP contribution < -0.4 is 11.1 Å². The third kappa shape index (κ3) is 14.9. The summed E-state index contributed by atoms with van der Waals surface area (Å²) >= 11 is 0. The highest BCUT2D eigenvalue weighted by atomic mass is 35.5. The monoisotopic (exact) mass is 350 g/mol. The lowest BCUT2D eigenvalue weighted by Crippen LogP contribution is -2.09. The molecule has 0 heterocycles. The second kappa shape index (κ2) is 13.4. The molecule has 0 aliphatic rings. The average Bonchev–Trinajstić information content (AvgIpc) is 2.37. The highest BCUT2D eigenvalue weighted by Gasteiger charge is 1.93. The van der Waals surface area contributed by atoms with Crippen molar-refractivity contribution in [2.45, 2.75) is 47.6 Å². The van der Waals surface area contributed by atoms with E-state index in [1.165, 1.54) is 30.7 Å². The van der Waals surface area contributed by atoms with Crippen molar-refractivity contribution in [2.75, 3.05) is 11.1 Å². The number of carbonyl (C=O) groups is 1. The molecule has 0 atom stereocenters. The molecule has 4 heteroatoms. The van der Waals surface area contributed by atoms with Crippen molar-refractivity contribution in [3.63, 3.8) is 0 Å². The fraction of sp³-hybridized carbons (Fsp3) is 0.350. The Morgan fingerprint density at radius 1 is 0.958 bits per heavy atom. The van der Waals surface area contributed by atoms with E-state index in [1.54, 1.807) is 0 Å². The van der Waals surface area contributed by atoms with Gasteiger partial charge in [0.1, 0.15) is 5.78 Å². The van der Waals surface area contributed by atoms with E-state index in [1.807, 2.05) is 31.2 Å². The first-order chi connectivity index (χ1) is 10.7. The first kappa shape index (κ1) is 24.3. The van der Waals surface area contributed by atoms with Gasteiger partial charge in [0.25, 0.3) is 0 Å². The number of nitrogens with two attached hydrogens (primary N) is 1. The number of halogens is 1. The highest BCUT2D eigenvalue weighted by Crippen LogP contribution is 2.10. The molecule has 0 aliphatic heterocycles. The minimum Gasteiger partial charge on any atom is -0.399 e. The molecule has 0 amide bonds. The number of aryl methyl sites for hydroxylation is 2. The molecule has 0 unspecified atom stereocenters. The Labute approximate surface area is 153 Å². The van der Waals surface area contributed by atoms with Gasteiger partial charge in [0.2, 0.25) is 0 Å². The van der Waals surface area contributed by atoms with Crippen LogP contribution in [0.1, 0.15) is 38.8 Å². The number of anilines is 2. The molecule has 24 heavy (non-hydrogen) atoms. The molecule has 0 fully saturated rings. The first-order valence-electron chi connectivity index (χ1n) is 7.83. The lowest BCUT2D eigenvalue weighted by atomic mass is 10.2. The zero-order valence-electron chi connectivity index (χ0n) is 15.6. The van der Waals surface area contributed by atoms with Crippen LogP contribution in [0.15, 0.2) is 48.5 Å². The number of benzene rings is 2. The third-order valence-electron chi connectivity index (χ3n) is 2.52. The van der Waals surface area contributed by atoms with Crippen LogP contribution in [0.2, 0.25) is 0 Å². The molecule has 0 bridgehead atoms. The minimum absolute atomic E-state index is 0. The Morgan fingerprint density at radius 2 is 1.42 bits per heavy atom. The third-order valence-corrected chi connectivity index (χ3v) is 2.52. The summed E-state index contributed by atoms with van der Waals surface area (Å²) in [5, 5.41) is 3.35. The minimum atomic E-state index is 0. The van der Waals surface area contributed by atoms with Gasteiger partial charge in [-0.05, 0) is 76.9 Å². The van der Waals surface area contributed by atoms with Gasteiger partial charge in [0.05, 0.1) is 0 Å². The van der Waals surface area contributed by atoms with E-state index in [9.17, 15) is 4.79 Å². The van der Waals surface area contributed by atoms with Crippen LogP contribution in [0, 0.1) is 13.8 Å². The summed E-state index contributed by atoms with van der Waals surface area (Å²) in [5.41, 5.74) is 10.0. The van der Waals surface area contributed by atoms with Gasteiger partial charge < -0.3 is 15.8 Å². The van der Waals surface area contributed by atoms with Gasteiger partial charge in [-0.1, -0.05) is 24.3 Å². The number of hydrogen-bond donors (Lipinski definition) is 2. The zero-order valence-corrected chi connectivity index (χ0v) is 16.4. The molecule has 0 aromatic heterocycles. The summed E-state index contributed by atoms with van der Waals surface area (Å²) in [7, 11) is 0. The van der Waals surface area contributed by atoms with Crippen LogP contribution in [0.5, 0.6) is 0 Å². The van der Waals surface area contributed by atoms with Crippen LogP contribution in [-0.4, -0.2) is 11.8 Å². The maximum atomic E-state index is 9.44. The van der Waals surface area contributed by atoms with E-state index >= 15 is 0 Å². The lowest BCUT2D eigenvalue weighted by Gasteiger charge is -2.09. The number of Topliss-reactive ketones (excluding diaryl/α,β-unsaturated/α-hetero) is 1. The fourth-order valence-corrected chi connectivity index (χ4v) is 1.74. The summed E-state index contributed by atoms with van der Waals surface area (Å²) in [4.78, 5) is 9.44. The molecule has 3 nitrogen and oxygen atoms in total. The van der Waals surface area contributed by atoms with E-state index in [-0.39, 0.29) is 18.2 Å². The van der Waals surface area contributed by atoms with Gasteiger partial charge in [0.15, 0.2) is 0 Å². The largest absolute Gasteiger partial charge is 0.399 e. The van der Waals surface area contributed by atoms with E-state index in [0.29, 0.717) is 6.04 Å². The summed E-state index contributed by atoms with van der Waals surface area (Å²) in [6.07, 6.45) is 0. The Hall–Kier alpha value is -2.00. The average molecular weight is 351 g/mol. The van der Waals surface area contributed by atoms with Crippen LogP contribution >= 0.6 is 12.4 Å². The molecular weight excluding hydrogens is 320 g/mol. The van der Waals surface area contributed by atoms with Crippen molar-refractivity contribution in [3.05, 3.63) is 59.7 Å². The number of hydrogen-bond acceptors (Lipinski definition) is 3. The van der Waals surface area contributed by atoms with Crippen molar-refractivity contribution in [1.29, 1.82) is 0 Å². The molecule has 0 spiro atoms. The topological polar surface area (TPSA) is 55.1 Å². The van der Waals surface area contributed by atoms with E-state index in [0.717, 1.165) is 5.69 Å². The Bertz CT molecular complexity index is 576. The second-order valence-corrected chi connectivity index (χ2v) is 5.99. The lowest BCUT2D eigenvalue weighted by molar-refractivity contribution is -0.114. The number of ketones is 1. The summed E-state index contributed by atoms with van der Waals surface area (Å²) in [5.74, 6) is 0.167. The van der Waals surface area contributed by atoms with E-state index in [4.69, 9.17) is 5.73 Å². The van der Waals surface area contributed by atoms with E-state index in [2.05, 4.69) is 50.4 Å². The Balaban J connectivity index is 0. The molecule has 2 aromatic carbocycles. The van der Waals surface area contributed by atoms with Crippen LogP contribution in [-0.2, 0) is 4.79 Å². The first-order valence-corrected chi connectivity index (χ1v) is 7.83. The van der Waals surface area contributed by atoms with Crippen LogP contribution in [0.4, 0.5) is 11.4 Å². The maximum absolute atomic E-state index is 9.44. The number of rotatable bonds is 2. The van der Waals surface area contributed by atoms with Gasteiger partial charge in [0, 0.05) is 17.4 Å². The zero-order chi connectivity index (χ0) is 17.8. The molecule has 3 N–H and O–H groups in total. The van der Waals surface area contributed by atoms with Gasteiger partial charge in [-0.3, -0.25) is 0 Å². The molecule has 0 saturated heterocycles. The summed E-state index contributed by atoms with van der Waals surface area (Å²) in [6.45, 7) is 11.5. The Morgan fingerprint density at radius 3 is 1.75 bits per heavy atom. The number of carbonyl (C=O) groups excluding carboxylic acids is 1. The summed E-state index contributed by atoms with van der Waals surface area (Å²) < 4.78 is 0. The number of nitrogens with one attached hydrogen (secondary N) is 1. The molecule has 134 valence electrons. The van der Waals surface area contributed by atoms with Crippen molar-refractivity contribution in [3.8, 4) is 0 Å². The highest BCUT2D eigenvalue weighted by molar-refractivity contribution is 5.85. The van der Waals surface area contributed by atoms with Crippen molar-refractivity contribution in [1.82, 2.24) is 0 Å². The molecule has 0 saturated carbocycles. The van der Waals surface area contributed by atoms with E-state index < -0.39 is 0 Å². The molecule has 2 aromatic rings. The van der Waals surface area contributed by atoms with Gasteiger partial charge in [-0.2, -0.15) is 0 Å². The van der Waals surface area contributed by atoms with Crippen LogP contribution in [0.3, 0.4) is 0 Å². The van der Waals surface area contributed by atoms with Gasteiger partial charge >= 0.3 is 0 Å². The molecule has 0 radical (unpaired) electrons. The van der Waals surface area contributed by atoms with Crippen LogP contribution in [0.25, 0.3) is 0 Å². The van der Waals surface area contributed by atoms with Crippen molar-refractivity contribution < 1.29 is 4.79 Å². The fourth-order valence-electron chi connectivity index (χ4n) is 1.74. The molecule has 2 rings (SSSR count). The maximum Gasteiger partial charge on any atom is 0.126 e. The normalized spacial score (nSPS) is 8.79. The quantitative estimate of drug-likeness (QED) is 0.712. The SMILES string of the molecule is CC(C)=O.Cc1cccc(N)c1.Cc1cccc(NC(C)C)c1.Cl. The van der Waals surface area contributed by atoms with Crippen molar-refractivity contribution >= 4 is 29.6 Å². The predicted octanol–water partition coefficient (Wildman–Crippen LogP) is 5.41. The Kier molecular flexibility index (Phi) is 13.6. The van der Waals surface area contributed by atoms with Gasteiger partial charge in [-0.25, -0.2) is 0 Å². The number of nitrogen functional groups attached to an aromatic ring is 1. The second-order valence-electron chi connectivity index (χ2n) is 5.99. The smallest absolute Gasteiger partial charge is 0.126 e. The van der Waals surface area contributed by atoms with Crippen molar-refractivity contribution in [2.24, 2.45) is 0 Å². The van der Waals surface area contributed by atoms with Gasteiger partial charge in [-0.15, -0.1) is 12.4 Å². The summed E-state index contributed by atoms with van der Waals surface area (Å²) in [6, 6.07) is 16.7.